The molecule has 0 spiro atoms. The van der Waals surface area contributed by atoms with Crippen LogP contribution in [0.1, 0.15) is 42.7 Å². The van der Waals surface area contributed by atoms with Gasteiger partial charge >= 0.3 is 5.97 Å². The molecule has 0 radical (unpaired) electrons. The minimum Gasteiger partial charge on any atom is -0.493 e. The zero-order valence-corrected chi connectivity index (χ0v) is 19.3. The Bertz CT molecular complexity index is 1080. The van der Waals surface area contributed by atoms with Crippen molar-refractivity contribution in [2.45, 2.75) is 26.7 Å². The van der Waals surface area contributed by atoms with Crippen molar-refractivity contribution in [3.8, 4) is 11.5 Å². The maximum atomic E-state index is 12.7. The minimum absolute atomic E-state index is 0.312. The molecule has 158 valence electrons. The Kier molecular flexibility index (Phi) is 7.06. The van der Waals surface area contributed by atoms with Crippen LogP contribution in [0.4, 0.5) is 0 Å². The van der Waals surface area contributed by atoms with Gasteiger partial charge in [0, 0.05) is 21.0 Å². The fourth-order valence-electron chi connectivity index (χ4n) is 3.19. The van der Waals surface area contributed by atoms with Gasteiger partial charge in [0.05, 0.1) is 31.4 Å². The first kappa shape index (κ1) is 22.2. The molecule has 0 aliphatic heterocycles. The molecule has 3 rings (SSSR count). The van der Waals surface area contributed by atoms with Crippen molar-refractivity contribution in [1.82, 2.24) is 0 Å². The fraction of sp³-hybridized carbons (Fsp3) is 0.292. The molecule has 0 saturated carbocycles. The summed E-state index contributed by atoms with van der Waals surface area (Å²) in [6, 6.07) is 11.9. The Morgan fingerprint density at radius 1 is 1.13 bits per heavy atom. The van der Waals surface area contributed by atoms with Crippen LogP contribution in [-0.2, 0) is 9.53 Å². The molecule has 6 heteroatoms. The molecule has 0 unspecified atom stereocenters. The zero-order valence-electron chi connectivity index (χ0n) is 17.7. The monoisotopic (exact) mass is 444 g/mol. The Labute approximate surface area is 186 Å². The van der Waals surface area contributed by atoms with E-state index >= 15 is 0 Å². The first-order chi connectivity index (χ1) is 14.4. The fourth-order valence-corrected chi connectivity index (χ4v) is 4.62. The second-order valence-electron chi connectivity index (χ2n) is 7.04. The molecule has 0 saturated heterocycles. The van der Waals surface area contributed by atoms with E-state index in [0.29, 0.717) is 34.6 Å². The van der Waals surface area contributed by atoms with Gasteiger partial charge in [0.25, 0.3) is 0 Å². The molecule has 0 bridgehead atoms. The van der Waals surface area contributed by atoms with Crippen LogP contribution in [0.3, 0.4) is 0 Å². The Morgan fingerprint density at radius 2 is 1.83 bits per heavy atom. The van der Waals surface area contributed by atoms with Crippen molar-refractivity contribution in [2.75, 3.05) is 20.8 Å². The molecule has 0 amide bonds. The number of hydrogen-bond donors (Lipinski definition) is 0. The van der Waals surface area contributed by atoms with Crippen LogP contribution in [0.25, 0.3) is 21.7 Å². The summed E-state index contributed by atoms with van der Waals surface area (Å²) in [6.07, 6.45) is 1.85. The van der Waals surface area contributed by atoms with E-state index in [1.165, 1.54) is 16.9 Å². The van der Waals surface area contributed by atoms with E-state index in [9.17, 15) is 4.79 Å². The number of carbonyl (C=O) groups is 1. The van der Waals surface area contributed by atoms with Gasteiger partial charge in [0.2, 0.25) is 0 Å². The van der Waals surface area contributed by atoms with Gasteiger partial charge in [0.15, 0.2) is 11.5 Å². The zero-order chi connectivity index (χ0) is 21.8. The van der Waals surface area contributed by atoms with Crippen molar-refractivity contribution in [2.24, 2.45) is 0 Å². The van der Waals surface area contributed by atoms with Gasteiger partial charge in [-0.2, -0.15) is 0 Å². The number of benzene rings is 2. The smallest absolute Gasteiger partial charge is 0.338 e. The molecule has 3 aromatic rings. The number of rotatable bonds is 7. The molecule has 1 aromatic heterocycles. The number of esters is 1. The first-order valence-corrected chi connectivity index (χ1v) is 10.9. The van der Waals surface area contributed by atoms with Crippen LogP contribution in [0.15, 0.2) is 36.4 Å². The normalized spacial score (nSPS) is 11.8. The van der Waals surface area contributed by atoms with E-state index in [2.05, 4.69) is 13.8 Å². The number of thiophene rings is 1. The van der Waals surface area contributed by atoms with Crippen molar-refractivity contribution < 1.29 is 19.0 Å². The van der Waals surface area contributed by atoms with Crippen molar-refractivity contribution in [3.05, 3.63) is 57.4 Å². The first-order valence-electron chi connectivity index (χ1n) is 9.72. The van der Waals surface area contributed by atoms with Gasteiger partial charge in [-0.15, -0.1) is 11.3 Å². The van der Waals surface area contributed by atoms with Gasteiger partial charge in [-0.25, -0.2) is 4.79 Å². The molecule has 0 fully saturated rings. The van der Waals surface area contributed by atoms with E-state index < -0.39 is 0 Å². The van der Waals surface area contributed by atoms with Crippen LogP contribution >= 0.6 is 22.9 Å². The van der Waals surface area contributed by atoms with Crippen molar-refractivity contribution in [3.63, 3.8) is 0 Å². The van der Waals surface area contributed by atoms with E-state index in [4.69, 9.17) is 25.8 Å². The predicted molar refractivity (Wildman–Crippen MR) is 125 cm³/mol. The quantitative estimate of drug-likeness (QED) is 0.297. The summed E-state index contributed by atoms with van der Waals surface area (Å²) in [6.45, 7) is 6.39. The topological polar surface area (TPSA) is 44.8 Å². The van der Waals surface area contributed by atoms with Gasteiger partial charge in [-0.05, 0) is 36.1 Å². The largest absolute Gasteiger partial charge is 0.493 e. The number of hydrogen-bond acceptors (Lipinski definition) is 5. The summed E-state index contributed by atoms with van der Waals surface area (Å²) in [5.74, 6) is 1.13. The lowest BCUT2D eigenvalue weighted by molar-refractivity contribution is -0.136. The van der Waals surface area contributed by atoms with Crippen LogP contribution < -0.4 is 9.47 Å². The third-order valence-electron chi connectivity index (χ3n) is 4.80. The highest BCUT2D eigenvalue weighted by Gasteiger charge is 2.18. The Balaban J connectivity index is 2.11. The standard InChI is InChI=1S/C24H25ClO4S/c1-6-29-24(26)18(16-9-7-15(8-10-16)14(2)3)11-17-12-19-21(30-17)13-20(27-4)23(28-5)22(19)25/h7-14H,6H2,1-5H3. The Morgan fingerprint density at radius 3 is 2.40 bits per heavy atom. The summed E-state index contributed by atoms with van der Waals surface area (Å²) in [5.41, 5.74) is 2.54. The number of ether oxygens (including phenoxy) is 3. The lowest BCUT2D eigenvalue weighted by Crippen LogP contribution is -2.06. The molecular weight excluding hydrogens is 420 g/mol. The van der Waals surface area contributed by atoms with Gasteiger partial charge in [-0.3, -0.25) is 0 Å². The molecular formula is C24H25ClO4S. The maximum absolute atomic E-state index is 12.7. The molecule has 0 aliphatic rings. The number of halogens is 1. The van der Waals surface area contributed by atoms with Gasteiger partial charge in [-0.1, -0.05) is 49.7 Å². The summed E-state index contributed by atoms with van der Waals surface area (Å²) >= 11 is 8.06. The van der Waals surface area contributed by atoms with Crippen LogP contribution in [0, 0.1) is 0 Å². The predicted octanol–water partition coefficient (Wildman–Crippen LogP) is 6.80. The lowest BCUT2D eigenvalue weighted by atomic mass is 9.98. The minimum atomic E-state index is -0.353. The molecule has 1 heterocycles. The van der Waals surface area contributed by atoms with E-state index in [0.717, 1.165) is 20.5 Å². The molecule has 0 atom stereocenters. The van der Waals surface area contributed by atoms with E-state index in [1.807, 2.05) is 42.5 Å². The van der Waals surface area contributed by atoms with Gasteiger partial charge in [0.1, 0.15) is 0 Å². The Hall–Kier alpha value is -2.50. The summed E-state index contributed by atoms with van der Waals surface area (Å²) in [4.78, 5) is 13.6. The molecule has 2 aromatic carbocycles. The van der Waals surface area contributed by atoms with E-state index in [-0.39, 0.29) is 5.97 Å². The summed E-state index contributed by atoms with van der Waals surface area (Å²) in [7, 11) is 3.14. The average Bonchev–Trinajstić information content (AvgIpc) is 3.15. The van der Waals surface area contributed by atoms with Crippen LogP contribution in [0.2, 0.25) is 5.02 Å². The maximum Gasteiger partial charge on any atom is 0.338 e. The highest BCUT2D eigenvalue weighted by atomic mass is 35.5. The molecule has 0 N–H and O–H groups in total. The van der Waals surface area contributed by atoms with Gasteiger partial charge < -0.3 is 14.2 Å². The third kappa shape index (κ3) is 4.47. The second kappa shape index (κ2) is 9.54. The highest BCUT2D eigenvalue weighted by molar-refractivity contribution is 7.20. The van der Waals surface area contributed by atoms with Crippen LogP contribution in [0.5, 0.6) is 11.5 Å². The molecule has 30 heavy (non-hydrogen) atoms. The van der Waals surface area contributed by atoms with Crippen molar-refractivity contribution in [1.29, 1.82) is 0 Å². The second-order valence-corrected chi connectivity index (χ2v) is 8.54. The van der Waals surface area contributed by atoms with Crippen LogP contribution in [-0.4, -0.2) is 26.8 Å². The summed E-state index contributed by atoms with van der Waals surface area (Å²) in [5, 5.41) is 1.34. The molecule has 0 aliphatic carbocycles. The third-order valence-corrected chi connectivity index (χ3v) is 6.20. The average molecular weight is 445 g/mol. The SMILES string of the molecule is CCOC(=O)C(=Cc1cc2c(Cl)c(OC)c(OC)cc2s1)c1ccc(C(C)C)cc1. The highest BCUT2D eigenvalue weighted by Crippen LogP contribution is 2.44. The number of methoxy groups -OCH3 is 2. The number of fused-ring (bicyclic) bond motifs is 1. The number of carbonyl (C=O) groups excluding carboxylic acids is 1. The van der Waals surface area contributed by atoms with Crippen molar-refractivity contribution >= 4 is 50.6 Å². The summed E-state index contributed by atoms with van der Waals surface area (Å²) < 4.78 is 17.0. The molecule has 4 nitrogen and oxygen atoms in total. The van der Waals surface area contributed by atoms with E-state index in [1.54, 1.807) is 21.1 Å². The lowest BCUT2D eigenvalue weighted by Gasteiger charge is -2.10.